The molecule has 0 saturated carbocycles. The summed E-state index contributed by atoms with van der Waals surface area (Å²) in [6.07, 6.45) is 5.17. The second-order valence-corrected chi connectivity index (χ2v) is 3.71. The Hall–Kier alpha value is -1.47. The summed E-state index contributed by atoms with van der Waals surface area (Å²) < 4.78 is 2.62. The molecular weight excluding hydrogens is 260 g/mol. The molecule has 0 atom stereocenters. The third-order valence-electron chi connectivity index (χ3n) is 1.91. The summed E-state index contributed by atoms with van der Waals surface area (Å²) in [6.45, 7) is 1.89. The normalized spacial score (nSPS) is 10.3. The number of nitrogen functional groups attached to an aromatic ring is 1. The van der Waals surface area contributed by atoms with E-state index in [0.29, 0.717) is 11.8 Å². The van der Waals surface area contributed by atoms with E-state index in [4.69, 9.17) is 5.84 Å². The van der Waals surface area contributed by atoms with Crippen molar-refractivity contribution < 1.29 is 0 Å². The quantitative estimate of drug-likeness (QED) is 0.628. The third kappa shape index (κ3) is 1.83. The zero-order valence-corrected chi connectivity index (χ0v) is 9.56. The van der Waals surface area contributed by atoms with Crippen molar-refractivity contribution in [3.05, 3.63) is 28.9 Å². The maximum absolute atomic E-state index is 5.25. The molecule has 0 spiro atoms. The first-order valence-corrected chi connectivity index (χ1v) is 5.01. The molecular formula is C8H9BrN6. The van der Waals surface area contributed by atoms with Crippen LogP contribution in [0, 0.1) is 6.92 Å². The second kappa shape index (κ2) is 3.95. The van der Waals surface area contributed by atoms with Crippen molar-refractivity contribution in [2.24, 2.45) is 5.84 Å². The molecule has 15 heavy (non-hydrogen) atoms. The van der Waals surface area contributed by atoms with Gasteiger partial charge in [0.2, 0.25) is 5.95 Å². The number of hydrazine groups is 1. The lowest BCUT2D eigenvalue weighted by atomic mass is 10.5. The maximum atomic E-state index is 5.25. The molecule has 6 nitrogen and oxygen atoms in total. The number of aryl methyl sites for hydroxylation is 1. The van der Waals surface area contributed by atoms with Crippen LogP contribution in [0.1, 0.15) is 5.82 Å². The molecule has 2 aromatic heterocycles. The van der Waals surface area contributed by atoms with E-state index in [0.717, 1.165) is 10.3 Å². The van der Waals surface area contributed by atoms with E-state index in [9.17, 15) is 0 Å². The lowest BCUT2D eigenvalue weighted by Crippen LogP contribution is -2.12. The monoisotopic (exact) mass is 268 g/mol. The number of anilines is 1. The molecule has 2 heterocycles. The summed E-state index contributed by atoms with van der Waals surface area (Å²) in [6, 6.07) is 0. The van der Waals surface area contributed by atoms with Gasteiger partial charge >= 0.3 is 0 Å². The molecule has 0 amide bonds. The van der Waals surface area contributed by atoms with Crippen molar-refractivity contribution in [1.29, 1.82) is 0 Å². The van der Waals surface area contributed by atoms with Crippen LogP contribution in [-0.4, -0.2) is 19.5 Å². The van der Waals surface area contributed by atoms with Crippen LogP contribution in [-0.2, 0) is 0 Å². The molecule has 0 bridgehead atoms. The number of nitrogens with two attached hydrogens (primary N) is 1. The van der Waals surface area contributed by atoms with Crippen LogP contribution in [0.3, 0.4) is 0 Å². The number of aromatic nitrogens is 4. The predicted octanol–water partition coefficient (Wildman–Crippen LogP) is 1.02. The smallest absolute Gasteiger partial charge is 0.239 e. The molecule has 0 radical (unpaired) electrons. The van der Waals surface area contributed by atoms with E-state index < -0.39 is 0 Å². The fourth-order valence-corrected chi connectivity index (χ4v) is 1.58. The van der Waals surface area contributed by atoms with Gasteiger partial charge in [0.25, 0.3) is 0 Å². The summed E-state index contributed by atoms with van der Waals surface area (Å²) in [4.78, 5) is 12.3. The first-order valence-electron chi connectivity index (χ1n) is 4.22. The fraction of sp³-hybridized carbons (Fsp3) is 0.125. The highest BCUT2D eigenvalue weighted by molar-refractivity contribution is 9.10. The average molecular weight is 269 g/mol. The molecule has 3 N–H and O–H groups in total. The molecule has 0 aliphatic heterocycles. The first kappa shape index (κ1) is 10.1. The Kier molecular flexibility index (Phi) is 2.65. The van der Waals surface area contributed by atoms with E-state index >= 15 is 0 Å². The van der Waals surface area contributed by atoms with Gasteiger partial charge in [0.05, 0.1) is 4.47 Å². The van der Waals surface area contributed by atoms with Gasteiger partial charge in [-0.2, -0.15) is 4.98 Å². The van der Waals surface area contributed by atoms with Crippen molar-refractivity contribution in [2.45, 2.75) is 6.92 Å². The van der Waals surface area contributed by atoms with Crippen molar-refractivity contribution in [3.63, 3.8) is 0 Å². The number of nitrogens with zero attached hydrogens (tertiary/aromatic N) is 4. The summed E-state index contributed by atoms with van der Waals surface area (Å²) in [5.74, 6) is 7.15. The average Bonchev–Trinajstić information content (AvgIpc) is 2.65. The molecule has 78 valence electrons. The Morgan fingerprint density at radius 1 is 1.47 bits per heavy atom. The van der Waals surface area contributed by atoms with Crippen LogP contribution in [0.5, 0.6) is 0 Å². The number of hydrogen-bond acceptors (Lipinski definition) is 5. The highest BCUT2D eigenvalue weighted by Crippen LogP contribution is 2.19. The Balaban J connectivity index is 2.56. The molecule has 0 aromatic carbocycles. The number of hydrogen-bond donors (Lipinski definition) is 2. The number of halogens is 1. The number of imidazole rings is 1. The van der Waals surface area contributed by atoms with E-state index in [2.05, 4.69) is 36.3 Å². The molecule has 0 aliphatic carbocycles. The second-order valence-electron chi connectivity index (χ2n) is 2.85. The zero-order chi connectivity index (χ0) is 10.8. The van der Waals surface area contributed by atoms with Gasteiger partial charge in [-0.15, -0.1) is 0 Å². The molecule has 0 saturated heterocycles. The van der Waals surface area contributed by atoms with Crippen molar-refractivity contribution in [3.8, 4) is 5.82 Å². The van der Waals surface area contributed by atoms with Crippen molar-refractivity contribution >= 4 is 21.9 Å². The van der Waals surface area contributed by atoms with Gasteiger partial charge in [0, 0.05) is 18.6 Å². The largest absolute Gasteiger partial charge is 0.292 e. The van der Waals surface area contributed by atoms with E-state index in [-0.39, 0.29) is 0 Å². The minimum Gasteiger partial charge on any atom is -0.292 e. The summed E-state index contributed by atoms with van der Waals surface area (Å²) in [5.41, 5.74) is 2.40. The van der Waals surface area contributed by atoms with Crippen LogP contribution in [0.25, 0.3) is 5.82 Å². The third-order valence-corrected chi connectivity index (χ3v) is 2.47. The van der Waals surface area contributed by atoms with Gasteiger partial charge < -0.3 is 0 Å². The van der Waals surface area contributed by atoms with E-state index in [1.165, 1.54) is 0 Å². The van der Waals surface area contributed by atoms with Gasteiger partial charge in [0.1, 0.15) is 5.82 Å². The SMILES string of the molecule is Cc1nccn1-c1nc(NN)ncc1Br. The van der Waals surface area contributed by atoms with Gasteiger partial charge in [0.15, 0.2) is 5.82 Å². The molecule has 2 aromatic rings. The molecule has 2 rings (SSSR count). The van der Waals surface area contributed by atoms with Crippen LogP contribution >= 0.6 is 15.9 Å². The van der Waals surface area contributed by atoms with Gasteiger partial charge in [-0.3, -0.25) is 9.99 Å². The van der Waals surface area contributed by atoms with Crippen LogP contribution < -0.4 is 11.3 Å². The predicted molar refractivity (Wildman–Crippen MR) is 59.4 cm³/mol. The standard InChI is InChI=1S/C8H9BrN6/c1-5-11-2-3-15(5)7-6(9)4-12-8(13-7)14-10/h2-4H,10H2,1H3,(H,12,13,14). The summed E-state index contributed by atoms with van der Waals surface area (Å²) >= 11 is 3.37. The topological polar surface area (TPSA) is 81.7 Å². The lowest BCUT2D eigenvalue weighted by Gasteiger charge is -2.07. The fourth-order valence-electron chi connectivity index (χ4n) is 1.20. The number of nitrogens with one attached hydrogen (secondary N) is 1. The Labute approximate surface area is 94.7 Å². The first-order chi connectivity index (χ1) is 7.22. The summed E-state index contributed by atoms with van der Waals surface area (Å²) in [7, 11) is 0. The Morgan fingerprint density at radius 3 is 2.87 bits per heavy atom. The minimum absolute atomic E-state index is 0.362. The highest BCUT2D eigenvalue weighted by Gasteiger charge is 2.08. The molecule has 0 aliphatic rings. The zero-order valence-electron chi connectivity index (χ0n) is 7.98. The molecule has 0 unspecified atom stereocenters. The Morgan fingerprint density at radius 2 is 2.27 bits per heavy atom. The van der Waals surface area contributed by atoms with Gasteiger partial charge in [-0.05, 0) is 22.9 Å². The Bertz CT molecular complexity index is 480. The van der Waals surface area contributed by atoms with Crippen LogP contribution in [0.4, 0.5) is 5.95 Å². The lowest BCUT2D eigenvalue weighted by molar-refractivity contribution is 0.911. The van der Waals surface area contributed by atoms with Crippen molar-refractivity contribution in [1.82, 2.24) is 19.5 Å². The maximum Gasteiger partial charge on any atom is 0.239 e. The van der Waals surface area contributed by atoms with E-state index in [1.54, 1.807) is 12.4 Å². The molecule has 0 fully saturated rings. The van der Waals surface area contributed by atoms with Crippen molar-refractivity contribution in [2.75, 3.05) is 5.43 Å². The van der Waals surface area contributed by atoms with Gasteiger partial charge in [-0.1, -0.05) is 0 Å². The van der Waals surface area contributed by atoms with E-state index in [1.807, 2.05) is 17.7 Å². The minimum atomic E-state index is 0.362. The van der Waals surface area contributed by atoms with Crippen LogP contribution in [0.2, 0.25) is 0 Å². The summed E-state index contributed by atoms with van der Waals surface area (Å²) in [5, 5.41) is 0. The highest BCUT2D eigenvalue weighted by atomic mass is 79.9. The van der Waals surface area contributed by atoms with Gasteiger partial charge in [-0.25, -0.2) is 15.8 Å². The van der Waals surface area contributed by atoms with Crippen LogP contribution in [0.15, 0.2) is 23.1 Å². The number of rotatable bonds is 2. The molecule has 7 heteroatoms.